The number of ketones is 1. The highest BCUT2D eigenvalue weighted by Crippen LogP contribution is 2.38. The van der Waals surface area contributed by atoms with Crippen LogP contribution in [0.1, 0.15) is 25.5 Å². The number of amides is 2. The number of carbonyl (C=O) groups excluding carboxylic acids is 2. The number of allylic oxidation sites excluding steroid dienone is 1. The zero-order valence-electron chi connectivity index (χ0n) is 12.7. The number of ether oxygens (including phenoxy) is 1. The Hall–Kier alpha value is -1.98. The highest BCUT2D eigenvalue weighted by atomic mass is 35.5. The van der Waals surface area contributed by atoms with Gasteiger partial charge in [-0.3, -0.25) is 4.79 Å². The van der Waals surface area contributed by atoms with Crippen molar-refractivity contribution in [2.75, 3.05) is 6.61 Å². The maximum absolute atomic E-state index is 11.9. The molecule has 0 saturated carbocycles. The van der Waals surface area contributed by atoms with Crippen molar-refractivity contribution in [2.24, 2.45) is 0 Å². The lowest BCUT2D eigenvalue weighted by molar-refractivity contribution is -0.114. The zero-order valence-corrected chi connectivity index (χ0v) is 14.2. The standard InChI is InChI=1S/C16H16Cl2N2O3/c1-4-5-23-15-11(17)6-10(7-12(15)18)14-13(9(3)21)8(2)19-16(22)20-14/h4,6-7,14H,1,5H2,2-3H3,(H2,19,20,22)/t14-/m1/s1. The van der Waals surface area contributed by atoms with Gasteiger partial charge in [-0.25, -0.2) is 4.79 Å². The minimum Gasteiger partial charge on any atom is -0.486 e. The van der Waals surface area contributed by atoms with Crippen molar-refractivity contribution in [3.63, 3.8) is 0 Å². The van der Waals surface area contributed by atoms with Crippen LogP contribution < -0.4 is 15.4 Å². The molecule has 1 heterocycles. The summed E-state index contributed by atoms with van der Waals surface area (Å²) >= 11 is 12.4. The molecular weight excluding hydrogens is 339 g/mol. The number of Topliss-reactive ketones (excluding diaryl/α,β-unsaturated/α-hetero) is 1. The van der Waals surface area contributed by atoms with Crippen molar-refractivity contribution in [3.05, 3.63) is 51.7 Å². The highest BCUT2D eigenvalue weighted by Gasteiger charge is 2.30. The summed E-state index contributed by atoms with van der Waals surface area (Å²) in [5.74, 6) is 0.182. The van der Waals surface area contributed by atoms with E-state index in [9.17, 15) is 9.59 Å². The largest absolute Gasteiger partial charge is 0.486 e. The predicted molar refractivity (Wildman–Crippen MR) is 89.9 cm³/mol. The Kier molecular flexibility index (Phi) is 5.34. The third-order valence-electron chi connectivity index (χ3n) is 3.35. The first-order chi connectivity index (χ1) is 10.8. The van der Waals surface area contributed by atoms with Crippen LogP contribution in [0.3, 0.4) is 0 Å². The number of carbonyl (C=O) groups is 2. The van der Waals surface area contributed by atoms with Crippen LogP contribution in [0.4, 0.5) is 4.79 Å². The second kappa shape index (κ2) is 7.06. The lowest BCUT2D eigenvalue weighted by Gasteiger charge is -2.28. The summed E-state index contributed by atoms with van der Waals surface area (Å²) < 4.78 is 5.42. The van der Waals surface area contributed by atoms with Crippen LogP contribution in [0.5, 0.6) is 5.75 Å². The van der Waals surface area contributed by atoms with Crippen LogP contribution in [0.15, 0.2) is 36.1 Å². The van der Waals surface area contributed by atoms with Gasteiger partial charge in [0.2, 0.25) is 0 Å². The quantitative estimate of drug-likeness (QED) is 0.790. The van der Waals surface area contributed by atoms with E-state index in [0.717, 1.165) is 0 Å². The minimum atomic E-state index is -0.621. The normalized spacial score (nSPS) is 17.4. The van der Waals surface area contributed by atoms with Crippen LogP contribution in [-0.2, 0) is 4.79 Å². The molecule has 1 aliphatic rings. The molecule has 0 fully saturated rings. The van der Waals surface area contributed by atoms with Gasteiger partial charge in [0.15, 0.2) is 11.5 Å². The molecule has 0 aromatic heterocycles. The summed E-state index contributed by atoms with van der Waals surface area (Å²) in [5, 5.41) is 5.88. The van der Waals surface area contributed by atoms with E-state index >= 15 is 0 Å². The molecule has 0 spiro atoms. The van der Waals surface area contributed by atoms with Crippen LogP contribution in [0.25, 0.3) is 0 Å². The first kappa shape index (κ1) is 17.4. The second-order valence-electron chi connectivity index (χ2n) is 5.04. The van der Waals surface area contributed by atoms with Crippen molar-refractivity contribution in [1.29, 1.82) is 0 Å². The van der Waals surface area contributed by atoms with Gasteiger partial charge in [-0.2, -0.15) is 0 Å². The molecule has 2 N–H and O–H groups in total. The molecule has 122 valence electrons. The van der Waals surface area contributed by atoms with Crippen molar-refractivity contribution in [1.82, 2.24) is 10.6 Å². The second-order valence-corrected chi connectivity index (χ2v) is 5.85. The topological polar surface area (TPSA) is 67.4 Å². The maximum atomic E-state index is 11.9. The monoisotopic (exact) mass is 354 g/mol. The molecular formula is C16H16Cl2N2O3. The number of hydrogen-bond acceptors (Lipinski definition) is 3. The zero-order chi connectivity index (χ0) is 17.1. The number of rotatable bonds is 5. The summed E-state index contributed by atoms with van der Waals surface area (Å²) in [6, 6.07) is 2.23. The molecule has 2 amide bonds. The Morgan fingerprint density at radius 1 is 1.39 bits per heavy atom. The van der Waals surface area contributed by atoms with Gasteiger partial charge in [0, 0.05) is 11.3 Å². The maximum Gasteiger partial charge on any atom is 0.319 e. The fourth-order valence-corrected chi connectivity index (χ4v) is 3.05. The van der Waals surface area contributed by atoms with E-state index in [1.807, 2.05) is 0 Å². The molecule has 5 nitrogen and oxygen atoms in total. The molecule has 0 aliphatic carbocycles. The molecule has 23 heavy (non-hydrogen) atoms. The van der Waals surface area contributed by atoms with Gasteiger partial charge in [0.05, 0.1) is 16.1 Å². The van der Waals surface area contributed by atoms with Gasteiger partial charge in [0.1, 0.15) is 6.61 Å². The van der Waals surface area contributed by atoms with Gasteiger partial charge in [-0.1, -0.05) is 35.9 Å². The lowest BCUT2D eigenvalue weighted by atomic mass is 9.93. The molecule has 0 unspecified atom stereocenters. The fraction of sp³-hybridized carbons (Fsp3) is 0.250. The molecule has 1 aromatic carbocycles. The van der Waals surface area contributed by atoms with E-state index in [4.69, 9.17) is 27.9 Å². The summed E-state index contributed by atoms with van der Waals surface area (Å²) in [6.45, 7) is 6.94. The van der Waals surface area contributed by atoms with Gasteiger partial charge in [-0.15, -0.1) is 0 Å². The van der Waals surface area contributed by atoms with E-state index in [0.29, 0.717) is 32.6 Å². The van der Waals surface area contributed by atoms with E-state index in [1.165, 1.54) is 6.92 Å². The van der Waals surface area contributed by atoms with Gasteiger partial charge in [0.25, 0.3) is 0 Å². The molecule has 2 rings (SSSR count). The Bertz CT molecular complexity index is 690. The number of benzene rings is 1. The summed E-state index contributed by atoms with van der Waals surface area (Å²) in [6.07, 6.45) is 1.58. The Morgan fingerprint density at radius 2 is 2.00 bits per heavy atom. The Labute approximate surface area is 144 Å². The van der Waals surface area contributed by atoms with Crippen LogP contribution in [0.2, 0.25) is 10.0 Å². The smallest absolute Gasteiger partial charge is 0.319 e. The van der Waals surface area contributed by atoms with E-state index in [2.05, 4.69) is 17.2 Å². The van der Waals surface area contributed by atoms with Crippen LogP contribution in [0, 0.1) is 0 Å². The molecule has 0 bridgehead atoms. The molecule has 7 heteroatoms. The molecule has 1 aliphatic heterocycles. The molecule has 1 aromatic rings. The Balaban J connectivity index is 2.48. The summed E-state index contributed by atoms with van der Waals surface area (Å²) in [4.78, 5) is 23.7. The highest BCUT2D eigenvalue weighted by molar-refractivity contribution is 6.37. The van der Waals surface area contributed by atoms with E-state index < -0.39 is 12.1 Å². The van der Waals surface area contributed by atoms with Crippen LogP contribution in [-0.4, -0.2) is 18.4 Å². The van der Waals surface area contributed by atoms with E-state index in [1.54, 1.807) is 25.1 Å². The van der Waals surface area contributed by atoms with Crippen molar-refractivity contribution < 1.29 is 14.3 Å². The first-order valence-electron chi connectivity index (χ1n) is 6.87. The van der Waals surface area contributed by atoms with Crippen molar-refractivity contribution >= 4 is 35.0 Å². The molecule has 0 radical (unpaired) electrons. The predicted octanol–water partition coefficient (Wildman–Crippen LogP) is 3.78. The van der Waals surface area contributed by atoms with Crippen molar-refractivity contribution in [3.8, 4) is 5.75 Å². The first-order valence-corrected chi connectivity index (χ1v) is 7.62. The van der Waals surface area contributed by atoms with Gasteiger partial charge in [-0.05, 0) is 31.5 Å². The third-order valence-corrected chi connectivity index (χ3v) is 3.91. The average Bonchev–Trinajstić information content (AvgIpc) is 2.44. The van der Waals surface area contributed by atoms with Gasteiger partial charge < -0.3 is 15.4 Å². The SMILES string of the molecule is C=CCOc1c(Cl)cc([C@H]2NC(=O)NC(C)=C2C(C)=O)cc1Cl. The molecule has 0 saturated heterocycles. The summed E-state index contributed by atoms with van der Waals surface area (Å²) in [5.41, 5.74) is 1.56. The lowest BCUT2D eigenvalue weighted by Crippen LogP contribution is -2.44. The Morgan fingerprint density at radius 3 is 2.52 bits per heavy atom. The average molecular weight is 355 g/mol. The van der Waals surface area contributed by atoms with Crippen molar-refractivity contribution in [2.45, 2.75) is 19.9 Å². The minimum absolute atomic E-state index is 0.153. The van der Waals surface area contributed by atoms with Crippen LogP contribution >= 0.6 is 23.2 Å². The third kappa shape index (κ3) is 3.68. The number of nitrogens with one attached hydrogen (secondary N) is 2. The molecule has 1 atom stereocenters. The number of urea groups is 1. The number of hydrogen-bond donors (Lipinski definition) is 2. The summed E-state index contributed by atoms with van der Waals surface area (Å²) in [7, 11) is 0. The number of halogens is 2. The fourth-order valence-electron chi connectivity index (χ4n) is 2.44. The van der Waals surface area contributed by atoms with Gasteiger partial charge >= 0.3 is 6.03 Å². The van der Waals surface area contributed by atoms with E-state index in [-0.39, 0.29) is 12.4 Å².